The van der Waals surface area contributed by atoms with Crippen LogP contribution in [0.5, 0.6) is 0 Å². The molecule has 2 heterocycles. The van der Waals surface area contributed by atoms with Crippen LogP contribution in [0.4, 0.5) is 3.89 Å². The maximum atomic E-state index is 14.8. The number of carboxylic acids is 1. The van der Waals surface area contributed by atoms with Crippen LogP contribution < -0.4 is 5.43 Å². The van der Waals surface area contributed by atoms with Crippen LogP contribution in [-0.4, -0.2) is 38.2 Å². The summed E-state index contributed by atoms with van der Waals surface area (Å²) in [5.74, 6) is -0.851. The summed E-state index contributed by atoms with van der Waals surface area (Å²) in [5.41, 5.74) is 5.89. The molecule has 138 valence electrons. The SMILES string of the molecule is CC1=NNC(=NC2CCc3c(c4ccccc4n3CC(=O)O)C2)S1(C)F. The summed E-state index contributed by atoms with van der Waals surface area (Å²) in [6, 6.07) is 7.83. The molecule has 2 N–H and O–H groups in total. The highest BCUT2D eigenvalue weighted by Crippen LogP contribution is 2.51. The smallest absolute Gasteiger partial charge is 0.323 e. The van der Waals surface area contributed by atoms with Gasteiger partial charge in [-0.2, -0.15) is 8.99 Å². The summed E-state index contributed by atoms with van der Waals surface area (Å²) in [6.45, 7) is 1.64. The molecule has 8 heteroatoms. The number of hydrogen-bond acceptors (Lipinski definition) is 3. The maximum Gasteiger partial charge on any atom is 0.323 e. The Bertz CT molecular complexity index is 963. The van der Waals surface area contributed by atoms with Crippen molar-refractivity contribution < 1.29 is 13.8 Å². The number of aromatic nitrogens is 1. The molecule has 0 bridgehead atoms. The number of nitrogens with zero attached hydrogens (tertiary/aromatic N) is 3. The van der Waals surface area contributed by atoms with Gasteiger partial charge < -0.3 is 9.67 Å². The van der Waals surface area contributed by atoms with E-state index < -0.39 is 16.4 Å². The number of fused-ring (bicyclic) bond motifs is 3. The third-order valence-corrected chi connectivity index (χ3v) is 7.29. The minimum absolute atomic E-state index is 0.0299. The molecule has 2 atom stereocenters. The molecule has 0 amide bonds. The summed E-state index contributed by atoms with van der Waals surface area (Å²) in [5, 5.41) is 15.1. The van der Waals surface area contributed by atoms with E-state index in [-0.39, 0.29) is 12.6 Å². The van der Waals surface area contributed by atoms with E-state index in [4.69, 9.17) is 0 Å². The van der Waals surface area contributed by atoms with Gasteiger partial charge in [-0.1, -0.05) is 18.2 Å². The minimum atomic E-state index is -2.59. The lowest BCUT2D eigenvalue weighted by Gasteiger charge is -2.24. The summed E-state index contributed by atoms with van der Waals surface area (Å²) in [6.07, 6.45) is 3.74. The van der Waals surface area contributed by atoms with Crippen molar-refractivity contribution in [1.82, 2.24) is 9.99 Å². The van der Waals surface area contributed by atoms with E-state index in [2.05, 4.69) is 15.5 Å². The molecule has 2 aromatic rings. The molecule has 1 aromatic carbocycles. The molecule has 26 heavy (non-hydrogen) atoms. The van der Waals surface area contributed by atoms with Crippen LogP contribution in [0.25, 0.3) is 10.9 Å². The second-order valence-corrected chi connectivity index (χ2v) is 9.43. The number of carboxylic acid groups (broad SMARTS) is 1. The second kappa shape index (κ2) is 6.12. The minimum Gasteiger partial charge on any atom is -0.480 e. The van der Waals surface area contributed by atoms with E-state index in [0.717, 1.165) is 35.0 Å². The number of amidine groups is 1. The zero-order valence-corrected chi connectivity index (χ0v) is 15.5. The molecular weight excluding hydrogens is 355 g/mol. The zero-order chi connectivity index (χ0) is 18.5. The van der Waals surface area contributed by atoms with Crippen molar-refractivity contribution in [2.24, 2.45) is 10.1 Å². The van der Waals surface area contributed by atoms with E-state index in [1.807, 2.05) is 28.8 Å². The summed E-state index contributed by atoms with van der Waals surface area (Å²) in [7, 11) is -2.59. The Kier molecular flexibility index (Phi) is 4.02. The fraction of sp³-hybridized carbons (Fsp3) is 0.389. The van der Waals surface area contributed by atoms with Gasteiger partial charge >= 0.3 is 5.97 Å². The molecule has 0 spiro atoms. The van der Waals surface area contributed by atoms with Crippen LogP contribution in [0.15, 0.2) is 34.4 Å². The standard InChI is InChI=1S/C18H21FN4O2S/c1-11-21-22-18(26(11,2)19)20-12-7-8-16-14(9-12)13-5-3-4-6-15(13)23(16)10-17(24)25/h3-6,12H,7-10H2,1-2H3,(H,20,22)(H,24,25). The Balaban J connectivity index is 1.71. The lowest BCUT2D eigenvalue weighted by Crippen LogP contribution is -2.25. The summed E-state index contributed by atoms with van der Waals surface area (Å²) < 4.78 is 16.7. The van der Waals surface area contributed by atoms with Crippen LogP contribution in [0.1, 0.15) is 24.6 Å². The Morgan fingerprint density at radius 2 is 2.27 bits per heavy atom. The van der Waals surface area contributed by atoms with Gasteiger partial charge in [-0.3, -0.25) is 15.2 Å². The molecule has 0 fully saturated rings. The predicted molar refractivity (Wildman–Crippen MR) is 104 cm³/mol. The first-order valence-corrected chi connectivity index (χ1v) is 10.5. The van der Waals surface area contributed by atoms with Gasteiger partial charge in [0, 0.05) is 33.3 Å². The molecular formula is C18H21FN4O2S. The average molecular weight is 376 g/mol. The lowest BCUT2D eigenvalue weighted by molar-refractivity contribution is -0.137. The van der Waals surface area contributed by atoms with E-state index in [1.165, 1.54) is 0 Å². The number of rotatable bonds is 3. The first-order valence-electron chi connectivity index (χ1n) is 8.55. The maximum absolute atomic E-state index is 14.8. The number of carbonyl (C=O) groups is 1. The number of hydrazone groups is 1. The van der Waals surface area contributed by atoms with Crippen molar-refractivity contribution in [3.05, 3.63) is 35.5 Å². The van der Waals surface area contributed by atoms with Crippen LogP contribution in [-0.2, 0) is 24.2 Å². The quantitative estimate of drug-likeness (QED) is 0.863. The molecule has 6 nitrogen and oxygen atoms in total. The summed E-state index contributed by atoms with van der Waals surface area (Å²) >= 11 is 0. The third kappa shape index (κ3) is 2.68. The largest absolute Gasteiger partial charge is 0.480 e. The molecule has 0 saturated heterocycles. The Labute approximate surface area is 152 Å². The molecule has 1 aromatic heterocycles. The average Bonchev–Trinajstić information content (AvgIpc) is 3.04. The van der Waals surface area contributed by atoms with Crippen LogP contribution in [0, 0.1) is 0 Å². The van der Waals surface area contributed by atoms with Gasteiger partial charge in [0.15, 0.2) is 5.17 Å². The van der Waals surface area contributed by atoms with E-state index in [1.54, 1.807) is 13.2 Å². The van der Waals surface area contributed by atoms with Crippen LogP contribution in [0.3, 0.4) is 0 Å². The van der Waals surface area contributed by atoms with Crippen LogP contribution >= 0.6 is 10.4 Å². The molecule has 0 saturated carbocycles. The number of halogens is 1. The van der Waals surface area contributed by atoms with Gasteiger partial charge in [0.25, 0.3) is 0 Å². The fourth-order valence-electron chi connectivity index (χ4n) is 3.74. The van der Waals surface area contributed by atoms with Crippen molar-refractivity contribution in [3.63, 3.8) is 0 Å². The van der Waals surface area contributed by atoms with Gasteiger partial charge in [-0.15, -0.1) is 0 Å². The highest BCUT2D eigenvalue weighted by molar-refractivity contribution is 8.52. The van der Waals surface area contributed by atoms with Gasteiger partial charge in [0.1, 0.15) is 11.6 Å². The van der Waals surface area contributed by atoms with Gasteiger partial charge in [0.05, 0.1) is 6.04 Å². The Morgan fingerprint density at radius 1 is 1.50 bits per heavy atom. The molecule has 2 unspecified atom stereocenters. The van der Waals surface area contributed by atoms with Crippen molar-refractivity contribution in [2.45, 2.75) is 38.8 Å². The predicted octanol–water partition coefficient (Wildman–Crippen LogP) is 3.19. The molecule has 2 aliphatic rings. The molecule has 1 aliphatic carbocycles. The van der Waals surface area contributed by atoms with E-state index in [0.29, 0.717) is 16.6 Å². The Hall–Kier alpha value is -2.35. The third-order valence-electron chi connectivity index (χ3n) is 5.17. The second-order valence-electron chi connectivity index (χ2n) is 6.81. The number of aliphatic carboxylic acids is 1. The van der Waals surface area contributed by atoms with Crippen molar-refractivity contribution in [1.29, 1.82) is 0 Å². The number of hydrogen-bond donors (Lipinski definition) is 2. The Morgan fingerprint density at radius 3 is 2.96 bits per heavy atom. The first kappa shape index (κ1) is 17.1. The normalized spacial score (nSPS) is 29.1. The van der Waals surface area contributed by atoms with Gasteiger partial charge in [-0.25, -0.2) is 0 Å². The summed E-state index contributed by atoms with van der Waals surface area (Å²) in [4.78, 5) is 15.9. The van der Waals surface area contributed by atoms with E-state index in [9.17, 15) is 13.8 Å². The van der Waals surface area contributed by atoms with Crippen molar-refractivity contribution in [3.8, 4) is 0 Å². The lowest BCUT2D eigenvalue weighted by atomic mass is 9.92. The highest BCUT2D eigenvalue weighted by Gasteiger charge is 2.35. The number of aliphatic imine (C=N–C) groups is 1. The zero-order valence-electron chi connectivity index (χ0n) is 14.7. The highest BCUT2D eigenvalue weighted by atomic mass is 32.3. The monoisotopic (exact) mass is 376 g/mol. The van der Waals surface area contributed by atoms with E-state index >= 15 is 0 Å². The number of nitrogens with one attached hydrogen (secondary N) is 1. The molecule has 0 radical (unpaired) electrons. The van der Waals surface area contributed by atoms with Gasteiger partial charge in [-0.05, 0) is 37.8 Å². The molecule has 1 aliphatic heterocycles. The topological polar surface area (TPSA) is 79.0 Å². The van der Waals surface area contributed by atoms with Crippen molar-refractivity contribution >= 4 is 37.5 Å². The first-order chi connectivity index (χ1) is 12.4. The number of benzene rings is 1. The number of para-hydroxylation sites is 1. The molecule has 4 rings (SSSR count). The fourth-order valence-corrected chi connectivity index (χ4v) is 4.80. The van der Waals surface area contributed by atoms with Crippen LogP contribution in [0.2, 0.25) is 0 Å². The van der Waals surface area contributed by atoms with Crippen molar-refractivity contribution in [2.75, 3.05) is 6.26 Å². The van der Waals surface area contributed by atoms with Gasteiger partial charge in [0.2, 0.25) is 0 Å².